The molecule has 1 aliphatic rings. The molecule has 1 aromatic carbocycles. The summed E-state index contributed by atoms with van der Waals surface area (Å²) in [6, 6.07) is 6.65. The Kier molecular flexibility index (Phi) is 3.78. The number of nitrogens with zero attached hydrogens (tertiary/aromatic N) is 3. The van der Waals surface area contributed by atoms with Gasteiger partial charge in [-0.15, -0.1) is 0 Å². The van der Waals surface area contributed by atoms with E-state index in [9.17, 15) is 10.1 Å². The summed E-state index contributed by atoms with van der Waals surface area (Å²) in [6.07, 6.45) is 0.0638. The summed E-state index contributed by atoms with van der Waals surface area (Å²) in [4.78, 5) is 14.5. The molecule has 1 aliphatic heterocycles. The highest BCUT2D eigenvalue weighted by Crippen LogP contribution is 2.21. The van der Waals surface area contributed by atoms with Gasteiger partial charge >= 0.3 is 0 Å². The van der Waals surface area contributed by atoms with Gasteiger partial charge in [0.15, 0.2) is 0 Å². The average Bonchev–Trinajstić information content (AvgIpc) is 2.39. The molecule has 1 aromatic rings. The van der Waals surface area contributed by atoms with Gasteiger partial charge in [-0.05, 0) is 19.2 Å². The predicted molar refractivity (Wildman–Crippen MR) is 68.7 cm³/mol. The molecule has 0 aliphatic carbocycles. The van der Waals surface area contributed by atoms with Crippen LogP contribution in [0.25, 0.3) is 0 Å². The number of likely N-dealkylation sites (N-methyl/N-ethyl adjacent to an activating group) is 1. The first kappa shape index (κ1) is 12.8. The second kappa shape index (κ2) is 5.32. The van der Waals surface area contributed by atoms with Crippen molar-refractivity contribution in [2.24, 2.45) is 0 Å². The molecule has 1 saturated heterocycles. The Labute approximate surface area is 106 Å². The van der Waals surface area contributed by atoms with Crippen molar-refractivity contribution in [3.8, 4) is 0 Å². The van der Waals surface area contributed by atoms with Crippen molar-refractivity contribution in [1.29, 1.82) is 0 Å². The highest BCUT2D eigenvalue weighted by Gasteiger charge is 2.24. The van der Waals surface area contributed by atoms with E-state index in [2.05, 4.69) is 9.80 Å². The maximum absolute atomic E-state index is 10.6. The number of anilines is 1. The number of methoxy groups -OCH3 is 1. The minimum atomic E-state index is -0.383. The maximum atomic E-state index is 10.6. The second-order valence-electron chi connectivity index (χ2n) is 4.39. The number of hydrogen-bond acceptors (Lipinski definition) is 5. The third kappa shape index (κ3) is 2.60. The van der Waals surface area contributed by atoms with Crippen molar-refractivity contribution in [2.45, 2.75) is 6.23 Å². The first-order chi connectivity index (χ1) is 8.61. The van der Waals surface area contributed by atoms with E-state index in [0.717, 1.165) is 25.3 Å². The molecule has 0 saturated carbocycles. The van der Waals surface area contributed by atoms with Crippen molar-refractivity contribution in [2.75, 3.05) is 38.7 Å². The maximum Gasteiger partial charge on any atom is 0.269 e. The largest absolute Gasteiger partial charge is 0.366 e. The lowest BCUT2D eigenvalue weighted by Gasteiger charge is -2.39. The first-order valence-electron chi connectivity index (χ1n) is 5.84. The average molecular weight is 251 g/mol. The van der Waals surface area contributed by atoms with Crippen molar-refractivity contribution in [1.82, 2.24) is 4.90 Å². The molecule has 0 radical (unpaired) electrons. The van der Waals surface area contributed by atoms with E-state index in [1.165, 1.54) is 12.1 Å². The van der Waals surface area contributed by atoms with Gasteiger partial charge in [0.25, 0.3) is 5.69 Å². The summed E-state index contributed by atoms with van der Waals surface area (Å²) >= 11 is 0. The highest BCUT2D eigenvalue weighted by atomic mass is 16.6. The molecule has 18 heavy (non-hydrogen) atoms. The SMILES string of the molecule is CO[C@H]1CN(c2ccc([N+](=O)[O-])cc2)CCN1C. The summed E-state index contributed by atoms with van der Waals surface area (Å²) in [5.41, 5.74) is 1.12. The molecule has 0 amide bonds. The van der Waals surface area contributed by atoms with E-state index in [0.29, 0.717) is 0 Å². The van der Waals surface area contributed by atoms with Gasteiger partial charge in [-0.3, -0.25) is 15.0 Å². The summed E-state index contributed by atoms with van der Waals surface area (Å²) in [5.74, 6) is 0. The molecule has 6 nitrogen and oxygen atoms in total. The number of rotatable bonds is 3. The fraction of sp³-hybridized carbons (Fsp3) is 0.500. The van der Waals surface area contributed by atoms with Crippen LogP contribution in [-0.2, 0) is 4.74 Å². The van der Waals surface area contributed by atoms with Gasteiger partial charge in [0.2, 0.25) is 0 Å². The van der Waals surface area contributed by atoms with Crippen LogP contribution in [0.3, 0.4) is 0 Å². The number of ether oxygens (including phenoxy) is 1. The lowest BCUT2D eigenvalue weighted by molar-refractivity contribution is -0.384. The van der Waals surface area contributed by atoms with Gasteiger partial charge in [0, 0.05) is 38.0 Å². The number of hydrogen-bond donors (Lipinski definition) is 0. The van der Waals surface area contributed by atoms with Gasteiger partial charge in [-0.2, -0.15) is 0 Å². The molecule has 0 aromatic heterocycles. The molecule has 2 rings (SSSR count). The second-order valence-corrected chi connectivity index (χ2v) is 4.39. The van der Waals surface area contributed by atoms with Crippen LogP contribution in [0.2, 0.25) is 0 Å². The van der Waals surface area contributed by atoms with Gasteiger partial charge in [0.1, 0.15) is 6.23 Å². The molecule has 0 spiro atoms. The summed E-state index contributed by atoms with van der Waals surface area (Å²) in [5, 5.41) is 10.6. The summed E-state index contributed by atoms with van der Waals surface area (Å²) in [6.45, 7) is 2.58. The first-order valence-corrected chi connectivity index (χ1v) is 5.84. The highest BCUT2D eigenvalue weighted by molar-refractivity contribution is 5.51. The fourth-order valence-electron chi connectivity index (χ4n) is 2.12. The van der Waals surface area contributed by atoms with E-state index < -0.39 is 0 Å². The topological polar surface area (TPSA) is 58.9 Å². The monoisotopic (exact) mass is 251 g/mol. The van der Waals surface area contributed by atoms with Crippen LogP contribution >= 0.6 is 0 Å². The van der Waals surface area contributed by atoms with Crippen LogP contribution in [0, 0.1) is 10.1 Å². The quantitative estimate of drug-likeness (QED) is 0.599. The number of piperazine rings is 1. The Balaban J connectivity index is 2.09. The fourth-order valence-corrected chi connectivity index (χ4v) is 2.12. The van der Waals surface area contributed by atoms with Crippen LogP contribution in [0.1, 0.15) is 0 Å². The van der Waals surface area contributed by atoms with Crippen molar-refractivity contribution in [3.05, 3.63) is 34.4 Å². The number of benzene rings is 1. The minimum Gasteiger partial charge on any atom is -0.366 e. The number of nitro benzene ring substituents is 1. The Morgan fingerprint density at radius 1 is 1.33 bits per heavy atom. The zero-order valence-corrected chi connectivity index (χ0v) is 10.6. The lowest BCUT2D eigenvalue weighted by atomic mass is 10.2. The number of nitro groups is 1. The molecule has 98 valence electrons. The molecule has 1 fully saturated rings. The third-order valence-electron chi connectivity index (χ3n) is 3.29. The molecule has 0 N–H and O–H groups in total. The van der Waals surface area contributed by atoms with Crippen LogP contribution in [0.15, 0.2) is 24.3 Å². The van der Waals surface area contributed by atoms with E-state index in [1.807, 2.05) is 7.05 Å². The molecular weight excluding hydrogens is 234 g/mol. The molecule has 0 unspecified atom stereocenters. The summed E-state index contributed by atoms with van der Waals surface area (Å²) < 4.78 is 5.39. The lowest BCUT2D eigenvalue weighted by Crippen LogP contribution is -2.52. The Hall–Kier alpha value is -1.66. The van der Waals surface area contributed by atoms with E-state index in [-0.39, 0.29) is 16.8 Å². The minimum absolute atomic E-state index is 0.0638. The van der Waals surface area contributed by atoms with Gasteiger partial charge in [0.05, 0.1) is 11.5 Å². The Bertz CT molecular complexity index is 421. The standard InChI is InChI=1S/C12H17N3O3/c1-13-7-8-14(9-12(13)18-2)10-3-5-11(6-4-10)15(16)17/h3-6,12H,7-9H2,1-2H3/t12-/m0/s1. The zero-order valence-electron chi connectivity index (χ0n) is 10.6. The Morgan fingerprint density at radius 3 is 2.56 bits per heavy atom. The van der Waals surface area contributed by atoms with Crippen molar-refractivity contribution >= 4 is 11.4 Å². The number of non-ortho nitro benzene ring substituents is 1. The normalized spacial score (nSPS) is 21.0. The van der Waals surface area contributed by atoms with Crippen LogP contribution in [0.5, 0.6) is 0 Å². The van der Waals surface area contributed by atoms with Crippen LogP contribution in [-0.4, -0.2) is 49.8 Å². The van der Waals surface area contributed by atoms with Gasteiger partial charge < -0.3 is 9.64 Å². The zero-order chi connectivity index (χ0) is 13.1. The Morgan fingerprint density at radius 2 is 2.00 bits per heavy atom. The molecule has 0 bridgehead atoms. The third-order valence-corrected chi connectivity index (χ3v) is 3.29. The van der Waals surface area contributed by atoms with Gasteiger partial charge in [-0.25, -0.2) is 0 Å². The summed E-state index contributed by atoms with van der Waals surface area (Å²) in [7, 11) is 3.72. The molecular formula is C12H17N3O3. The van der Waals surface area contributed by atoms with E-state index >= 15 is 0 Å². The molecule has 6 heteroatoms. The smallest absolute Gasteiger partial charge is 0.269 e. The van der Waals surface area contributed by atoms with E-state index in [1.54, 1.807) is 19.2 Å². The van der Waals surface area contributed by atoms with Crippen LogP contribution in [0.4, 0.5) is 11.4 Å². The molecule has 1 heterocycles. The van der Waals surface area contributed by atoms with Crippen molar-refractivity contribution in [3.63, 3.8) is 0 Å². The van der Waals surface area contributed by atoms with Crippen molar-refractivity contribution < 1.29 is 9.66 Å². The van der Waals surface area contributed by atoms with Gasteiger partial charge in [-0.1, -0.05) is 0 Å². The van der Waals surface area contributed by atoms with Crippen LogP contribution < -0.4 is 4.90 Å². The molecule has 1 atom stereocenters. The van der Waals surface area contributed by atoms with E-state index in [4.69, 9.17) is 4.74 Å². The predicted octanol–water partition coefficient (Wildman–Crippen LogP) is 1.32.